The Balaban J connectivity index is 1.83. The van der Waals surface area contributed by atoms with Gasteiger partial charge in [0, 0.05) is 35.4 Å². The molecule has 3 nitrogen and oxygen atoms in total. The molecule has 3 aromatic rings. The maximum absolute atomic E-state index is 5.82. The third-order valence-corrected chi connectivity index (χ3v) is 4.30. The van der Waals surface area contributed by atoms with Gasteiger partial charge in [-0.05, 0) is 24.6 Å². The molecule has 0 aliphatic carbocycles. The monoisotopic (exact) mass is 291 g/mol. The lowest BCUT2D eigenvalue weighted by Crippen LogP contribution is -1.97. The molecular formula is C14H14ClN3S. The summed E-state index contributed by atoms with van der Waals surface area (Å²) in [5.41, 5.74) is 3.65. The number of hydrogen-bond donors (Lipinski definition) is 1. The highest BCUT2D eigenvalue weighted by molar-refractivity contribution is 7.15. The second-order valence-electron chi connectivity index (χ2n) is 4.59. The van der Waals surface area contributed by atoms with Gasteiger partial charge in [-0.3, -0.25) is 0 Å². The summed E-state index contributed by atoms with van der Waals surface area (Å²) in [4.78, 5) is 5.17. The van der Waals surface area contributed by atoms with E-state index < -0.39 is 0 Å². The van der Waals surface area contributed by atoms with Crippen molar-refractivity contribution in [2.24, 2.45) is 7.05 Å². The molecule has 0 aliphatic rings. The molecular weight excluding hydrogens is 278 g/mol. The van der Waals surface area contributed by atoms with Crippen molar-refractivity contribution >= 4 is 39.5 Å². The quantitative estimate of drug-likeness (QED) is 0.783. The van der Waals surface area contributed by atoms with E-state index in [1.807, 2.05) is 6.20 Å². The molecule has 2 heterocycles. The number of halogens is 1. The highest BCUT2D eigenvalue weighted by Crippen LogP contribution is 2.24. The van der Waals surface area contributed by atoms with Gasteiger partial charge in [0.2, 0.25) is 0 Å². The Morgan fingerprint density at radius 1 is 1.42 bits per heavy atom. The molecule has 0 radical (unpaired) electrons. The van der Waals surface area contributed by atoms with Crippen LogP contribution in [-0.2, 0) is 13.6 Å². The lowest BCUT2D eigenvalue weighted by atomic mass is 10.2. The van der Waals surface area contributed by atoms with Crippen molar-refractivity contribution < 1.29 is 0 Å². The molecule has 1 N–H and O–H groups in total. The normalized spacial score (nSPS) is 11.1. The van der Waals surface area contributed by atoms with Crippen molar-refractivity contribution in [2.75, 3.05) is 5.32 Å². The second-order valence-corrected chi connectivity index (χ2v) is 6.29. The number of aryl methyl sites for hydroxylation is 2. The summed E-state index contributed by atoms with van der Waals surface area (Å²) >= 11 is 7.32. The molecule has 0 atom stereocenters. The number of fused-ring (bicyclic) bond motifs is 1. The summed E-state index contributed by atoms with van der Waals surface area (Å²) in [6, 6.07) is 6.44. The van der Waals surface area contributed by atoms with Crippen LogP contribution in [0.4, 0.5) is 5.69 Å². The molecule has 3 rings (SSSR count). The zero-order valence-electron chi connectivity index (χ0n) is 10.8. The minimum atomic E-state index is 0.588. The molecule has 0 bridgehead atoms. The van der Waals surface area contributed by atoms with E-state index >= 15 is 0 Å². The molecule has 2 aromatic heterocycles. The maximum atomic E-state index is 5.82. The van der Waals surface area contributed by atoms with Gasteiger partial charge < -0.3 is 9.88 Å². The Kier molecular flexibility index (Phi) is 3.21. The Labute approximate surface area is 120 Å². The van der Waals surface area contributed by atoms with Crippen molar-refractivity contribution in [3.05, 3.63) is 45.5 Å². The maximum Gasteiger partial charge on any atom is 0.183 e. The topological polar surface area (TPSA) is 29.9 Å². The minimum Gasteiger partial charge on any atom is -0.380 e. The fourth-order valence-corrected chi connectivity index (χ4v) is 3.17. The van der Waals surface area contributed by atoms with Gasteiger partial charge >= 0.3 is 0 Å². The van der Waals surface area contributed by atoms with E-state index in [2.05, 4.69) is 53.2 Å². The first-order valence-electron chi connectivity index (χ1n) is 6.03. The van der Waals surface area contributed by atoms with Crippen molar-refractivity contribution in [1.29, 1.82) is 0 Å². The van der Waals surface area contributed by atoms with Gasteiger partial charge in [0.25, 0.3) is 0 Å². The van der Waals surface area contributed by atoms with Gasteiger partial charge in [-0.25, -0.2) is 4.98 Å². The molecule has 0 aliphatic heterocycles. The summed E-state index contributed by atoms with van der Waals surface area (Å²) < 4.78 is 2.74. The fraction of sp³-hybridized carbons (Fsp3) is 0.214. The smallest absolute Gasteiger partial charge is 0.183 e. The van der Waals surface area contributed by atoms with E-state index in [0.29, 0.717) is 4.47 Å². The van der Waals surface area contributed by atoms with Crippen molar-refractivity contribution in [3.8, 4) is 0 Å². The van der Waals surface area contributed by atoms with Crippen LogP contribution in [0.15, 0.2) is 30.6 Å². The van der Waals surface area contributed by atoms with Crippen LogP contribution in [0.5, 0.6) is 0 Å². The zero-order chi connectivity index (χ0) is 13.4. The Morgan fingerprint density at radius 2 is 2.26 bits per heavy atom. The number of rotatable bonds is 3. The van der Waals surface area contributed by atoms with Gasteiger partial charge in [-0.1, -0.05) is 17.7 Å². The average molecular weight is 292 g/mol. The van der Waals surface area contributed by atoms with Crippen LogP contribution in [0.1, 0.15) is 10.4 Å². The molecule has 0 fully saturated rings. The zero-order valence-corrected chi connectivity index (χ0v) is 12.3. The van der Waals surface area contributed by atoms with Crippen molar-refractivity contribution in [2.45, 2.75) is 13.5 Å². The molecule has 0 saturated heterocycles. The van der Waals surface area contributed by atoms with Crippen LogP contribution >= 0.6 is 22.9 Å². The standard InChI is InChI=1S/C14H14ClN3S/c1-9-8-18(2)13-5-10(3-4-12(9)13)16-6-11-7-17-14(15)19-11/h3-5,7-8,16H,6H2,1-2H3. The van der Waals surface area contributed by atoms with Crippen LogP contribution in [0.2, 0.25) is 4.47 Å². The molecule has 98 valence electrons. The number of thiazole rings is 1. The largest absolute Gasteiger partial charge is 0.380 e. The van der Waals surface area contributed by atoms with E-state index in [4.69, 9.17) is 11.6 Å². The number of anilines is 1. The number of hydrogen-bond acceptors (Lipinski definition) is 3. The lowest BCUT2D eigenvalue weighted by molar-refractivity contribution is 0.964. The average Bonchev–Trinajstić information content (AvgIpc) is 2.92. The highest BCUT2D eigenvalue weighted by atomic mass is 35.5. The van der Waals surface area contributed by atoms with E-state index in [-0.39, 0.29) is 0 Å². The molecule has 1 aromatic carbocycles. The lowest BCUT2D eigenvalue weighted by Gasteiger charge is -2.05. The van der Waals surface area contributed by atoms with Crippen LogP contribution < -0.4 is 5.32 Å². The highest BCUT2D eigenvalue weighted by Gasteiger charge is 2.04. The van der Waals surface area contributed by atoms with Crippen LogP contribution in [0.25, 0.3) is 10.9 Å². The summed E-state index contributed by atoms with van der Waals surface area (Å²) in [5, 5.41) is 4.70. The first-order chi connectivity index (χ1) is 9.13. The van der Waals surface area contributed by atoms with Crippen LogP contribution in [0.3, 0.4) is 0 Å². The molecule has 0 saturated carbocycles. The van der Waals surface area contributed by atoms with Crippen molar-refractivity contribution in [1.82, 2.24) is 9.55 Å². The minimum absolute atomic E-state index is 0.588. The molecule has 0 spiro atoms. The first-order valence-corrected chi connectivity index (χ1v) is 7.23. The predicted molar refractivity (Wildman–Crippen MR) is 82.1 cm³/mol. The molecule has 0 amide bonds. The van der Waals surface area contributed by atoms with Crippen molar-refractivity contribution in [3.63, 3.8) is 0 Å². The van der Waals surface area contributed by atoms with Crippen LogP contribution in [0, 0.1) is 6.92 Å². The van der Waals surface area contributed by atoms with E-state index in [1.54, 1.807) is 0 Å². The molecule has 19 heavy (non-hydrogen) atoms. The molecule has 0 unspecified atom stereocenters. The summed E-state index contributed by atoms with van der Waals surface area (Å²) in [6.45, 7) is 2.88. The van der Waals surface area contributed by atoms with E-state index in [1.165, 1.54) is 27.8 Å². The van der Waals surface area contributed by atoms with Gasteiger partial charge in [-0.2, -0.15) is 0 Å². The third kappa shape index (κ3) is 2.46. The summed E-state index contributed by atoms with van der Waals surface area (Å²) in [5.74, 6) is 0. The van der Waals surface area contributed by atoms with Gasteiger partial charge in [0.15, 0.2) is 4.47 Å². The fourth-order valence-electron chi connectivity index (χ4n) is 2.25. The predicted octanol–water partition coefficient (Wildman–Crippen LogP) is 4.21. The SMILES string of the molecule is Cc1cn(C)c2cc(NCc3cnc(Cl)s3)ccc12. The second kappa shape index (κ2) is 4.87. The Hall–Kier alpha value is -1.52. The Morgan fingerprint density at radius 3 is 3.00 bits per heavy atom. The van der Waals surface area contributed by atoms with Gasteiger partial charge in [0.05, 0.1) is 12.1 Å². The Bertz CT molecular complexity index is 729. The summed E-state index contributed by atoms with van der Waals surface area (Å²) in [7, 11) is 2.07. The number of nitrogens with zero attached hydrogens (tertiary/aromatic N) is 2. The number of aromatic nitrogens is 2. The van der Waals surface area contributed by atoms with Gasteiger partial charge in [0.1, 0.15) is 0 Å². The van der Waals surface area contributed by atoms with E-state index in [9.17, 15) is 0 Å². The first kappa shape index (κ1) is 12.5. The number of benzene rings is 1. The summed E-state index contributed by atoms with van der Waals surface area (Å²) in [6.07, 6.45) is 3.96. The third-order valence-electron chi connectivity index (χ3n) is 3.18. The van der Waals surface area contributed by atoms with Crippen LogP contribution in [-0.4, -0.2) is 9.55 Å². The molecule has 5 heteroatoms. The number of nitrogens with one attached hydrogen (secondary N) is 1. The van der Waals surface area contributed by atoms with Gasteiger partial charge in [-0.15, -0.1) is 11.3 Å². The van der Waals surface area contributed by atoms with E-state index in [0.717, 1.165) is 17.1 Å².